The molecule has 3 N–H and O–H groups in total. The first-order chi connectivity index (χ1) is 13.1. The van der Waals surface area contributed by atoms with Gasteiger partial charge in [-0.2, -0.15) is 0 Å². The molecule has 5 nitrogen and oxygen atoms in total. The number of carbonyl (C=O) groups excluding carboxylic acids is 2. The van der Waals surface area contributed by atoms with Gasteiger partial charge in [0.15, 0.2) is 0 Å². The van der Waals surface area contributed by atoms with Crippen molar-refractivity contribution in [2.75, 3.05) is 11.9 Å². The molecule has 0 saturated heterocycles. The molecule has 3 aromatic carbocycles. The molecular weight excluding hydrogens is 338 g/mol. The van der Waals surface area contributed by atoms with E-state index in [9.17, 15) is 9.59 Å². The van der Waals surface area contributed by atoms with Crippen LogP contribution in [0.3, 0.4) is 0 Å². The molecule has 0 aliphatic carbocycles. The Morgan fingerprint density at radius 1 is 0.889 bits per heavy atom. The number of urea groups is 1. The first-order valence-corrected chi connectivity index (χ1v) is 9.00. The fourth-order valence-corrected chi connectivity index (χ4v) is 2.86. The van der Waals surface area contributed by atoms with E-state index in [1.165, 1.54) is 5.39 Å². The van der Waals surface area contributed by atoms with Crippen molar-refractivity contribution in [2.24, 2.45) is 0 Å². The van der Waals surface area contributed by atoms with Crippen LogP contribution in [0.4, 0.5) is 10.5 Å². The van der Waals surface area contributed by atoms with E-state index in [1.54, 1.807) is 12.1 Å². The third-order valence-electron chi connectivity index (χ3n) is 4.32. The Hall–Kier alpha value is -3.34. The number of fused-ring (bicyclic) bond motifs is 1. The standard InChI is InChI=1S/C22H23N3O2/c1-16(18-12-11-17-7-5-6-8-19(17)15-18)24-21(26)13-14-23-22(27)25-20-9-3-2-4-10-20/h2-12,15-16H,13-14H2,1H3,(H,24,26)(H2,23,25,27)/t16-/m0/s1. The zero-order valence-electron chi connectivity index (χ0n) is 15.2. The quantitative estimate of drug-likeness (QED) is 0.615. The van der Waals surface area contributed by atoms with Gasteiger partial charge in [0.2, 0.25) is 5.91 Å². The molecule has 0 saturated carbocycles. The summed E-state index contributed by atoms with van der Waals surface area (Å²) in [5, 5.41) is 10.7. The summed E-state index contributed by atoms with van der Waals surface area (Å²) in [6.07, 6.45) is 0.222. The number of benzene rings is 3. The predicted octanol–water partition coefficient (Wildman–Crippen LogP) is 4.23. The molecular formula is C22H23N3O2. The van der Waals surface area contributed by atoms with Crippen LogP contribution in [0.2, 0.25) is 0 Å². The maximum absolute atomic E-state index is 12.1. The van der Waals surface area contributed by atoms with Crippen LogP contribution < -0.4 is 16.0 Å². The molecule has 0 aromatic heterocycles. The van der Waals surface area contributed by atoms with E-state index in [4.69, 9.17) is 0 Å². The van der Waals surface area contributed by atoms with Gasteiger partial charge < -0.3 is 16.0 Å². The lowest BCUT2D eigenvalue weighted by atomic mass is 10.0. The third-order valence-corrected chi connectivity index (χ3v) is 4.32. The summed E-state index contributed by atoms with van der Waals surface area (Å²) in [5.41, 5.74) is 1.77. The minimum absolute atomic E-state index is 0.0970. The summed E-state index contributed by atoms with van der Waals surface area (Å²) < 4.78 is 0. The lowest BCUT2D eigenvalue weighted by Crippen LogP contribution is -2.34. The highest BCUT2D eigenvalue weighted by Gasteiger charge is 2.10. The Kier molecular flexibility index (Phi) is 6.05. The van der Waals surface area contributed by atoms with E-state index >= 15 is 0 Å². The first kappa shape index (κ1) is 18.5. The monoisotopic (exact) mass is 361 g/mol. The topological polar surface area (TPSA) is 70.2 Å². The average molecular weight is 361 g/mol. The molecule has 3 rings (SSSR count). The Morgan fingerprint density at radius 3 is 2.37 bits per heavy atom. The van der Waals surface area contributed by atoms with E-state index in [0.29, 0.717) is 5.69 Å². The maximum Gasteiger partial charge on any atom is 0.319 e. The van der Waals surface area contributed by atoms with E-state index < -0.39 is 0 Å². The van der Waals surface area contributed by atoms with Crippen LogP contribution in [0.5, 0.6) is 0 Å². The first-order valence-electron chi connectivity index (χ1n) is 9.00. The molecule has 0 spiro atoms. The lowest BCUT2D eigenvalue weighted by molar-refractivity contribution is -0.121. The minimum atomic E-state index is -0.323. The van der Waals surface area contributed by atoms with Gasteiger partial charge in [-0.1, -0.05) is 54.6 Å². The molecule has 5 heteroatoms. The summed E-state index contributed by atoms with van der Waals surface area (Å²) in [6.45, 7) is 2.23. The summed E-state index contributed by atoms with van der Waals surface area (Å²) in [6, 6.07) is 23.1. The predicted molar refractivity (Wildman–Crippen MR) is 109 cm³/mol. The lowest BCUT2D eigenvalue weighted by Gasteiger charge is -2.15. The summed E-state index contributed by atoms with van der Waals surface area (Å²) in [5.74, 6) is -0.101. The molecule has 0 unspecified atom stereocenters. The van der Waals surface area contributed by atoms with Gasteiger partial charge in [0.05, 0.1) is 6.04 Å². The molecule has 0 aliphatic heterocycles. The molecule has 27 heavy (non-hydrogen) atoms. The largest absolute Gasteiger partial charge is 0.350 e. The van der Waals surface area contributed by atoms with Crippen molar-refractivity contribution >= 4 is 28.4 Å². The molecule has 1 atom stereocenters. The smallest absolute Gasteiger partial charge is 0.319 e. The highest BCUT2D eigenvalue weighted by atomic mass is 16.2. The number of hydrogen-bond donors (Lipinski definition) is 3. The highest BCUT2D eigenvalue weighted by molar-refractivity contribution is 5.89. The number of para-hydroxylation sites is 1. The minimum Gasteiger partial charge on any atom is -0.350 e. The second-order valence-electron chi connectivity index (χ2n) is 6.39. The molecule has 3 aromatic rings. The van der Waals surface area contributed by atoms with Gasteiger partial charge in [-0.05, 0) is 41.5 Å². The van der Waals surface area contributed by atoms with Gasteiger partial charge in [0, 0.05) is 18.7 Å². The summed E-state index contributed by atoms with van der Waals surface area (Å²) in [4.78, 5) is 24.0. The molecule has 0 fully saturated rings. The van der Waals surface area contributed by atoms with Crippen molar-refractivity contribution in [3.63, 3.8) is 0 Å². The van der Waals surface area contributed by atoms with Crippen LogP contribution in [0, 0.1) is 0 Å². The van der Waals surface area contributed by atoms with Gasteiger partial charge in [-0.15, -0.1) is 0 Å². The van der Waals surface area contributed by atoms with Crippen LogP contribution in [0.25, 0.3) is 10.8 Å². The van der Waals surface area contributed by atoms with Crippen molar-refractivity contribution in [3.8, 4) is 0 Å². The zero-order chi connectivity index (χ0) is 19.1. The van der Waals surface area contributed by atoms with Crippen LogP contribution in [0.15, 0.2) is 72.8 Å². The number of hydrogen-bond acceptors (Lipinski definition) is 2. The van der Waals surface area contributed by atoms with E-state index in [0.717, 1.165) is 10.9 Å². The summed E-state index contributed by atoms with van der Waals surface area (Å²) >= 11 is 0. The van der Waals surface area contributed by atoms with E-state index in [2.05, 4.69) is 40.2 Å². The highest BCUT2D eigenvalue weighted by Crippen LogP contribution is 2.20. The fourth-order valence-electron chi connectivity index (χ4n) is 2.86. The van der Waals surface area contributed by atoms with Crippen LogP contribution in [-0.2, 0) is 4.79 Å². The van der Waals surface area contributed by atoms with Crippen LogP contribution in [0.1, 0.15) is 24.9 Å². The molecule has 0 radical (unpaired) electrons. The zero-order valence-corrected chi connectivity index (χ0v) is 15.2. The van der Waals surface area contributed by atoms with Crippen molar-refractivity contribution in [3.05, 3.63) is 78.4 Å². The van der Waals surface area contributed by atoms with Crippen molar-refractivity contribution < 1.29 is 9.59 Å². The number of rotatable bonds is 6. The Morgan fingerprint density at radius 2 is 1.59 bits per heavy atom. The Balaban J connectivity index is 1.44. The van der Waals surface area contributed by atoms with Crippen molar-refractivity contribution in [1.82, 2.24) is 10.6 Å². The van der Waals surface area contributed by atoms with Gasteiger partial charge in [0.1, 0.15) is 0 Å². The Labute approximate surface area is 158 Å². The van der Waals surface area contributed by atoms with Gasteiger partial charge in [-0.3, -0.25) is 4.79 Å². The second-order valence-corrected chi connectivity index (χ2v) is 6.39. The van der Waals surface area contributed by atoms with Crippen molar-refractivity contribution in [1.29, 1.82) is 0 Å². The maximum atomic E-state index is 12.1. The van der Waals surface area contributed by atoms with Gasteiger partial charge in [0.25, 0.3) is 0 Å². The number of anilines is 1. The summed E-state index contributed by atoms with van der Waals surface area (Å²) in [7, 11) is 0. The normalized spacial score (nSPS) is 11.6. The molecule has 0 bridgehead atoms. The second kappa shape index (κ2) is 8.85. The number of nitrogens with one attached hydrogen (secondary N) is 3. The number of amides is 3. The Bertz CT molecular complexity index is 925. The fraction of sp³-hybridized carbons (Fsp3) is 0.182. The van der Waals surface area contributed by atoms with Crippen LogP contribution in [-0.4, -0.2) is 18.5 Å². The van der Waals surface area contributed by atoms with Gasteiger partial charge >= 0.3 is 6.03 Å². The van der Waals surface area contributed by atoms with Crippen LogP contribution >= 0.6 is 0 Å². The van der Waals surface area contributed by atoms with Crippen molar-refractivity contribution in [2.45, 2.75) is 19.4 Å². The molecule has 138 valence electrons. The molecule has 0 heterocycles. The van der Waals surface area contributed by atoms with E-state index in [1.807, 2.05) is 43.3 Å². The number of carbonyl (C=O) groups is 2. The molecule has 0 aliphatic rings. The SMILES string of the molecule is C[C@H](NC(=O)CCNC(=O)Nc1ccccc1)c1ccc2ccccc2c1. The van der Waals surface area contributed by atoms with Gasteiger partial charge in [-0.25, -0.2) is 4.79 Å². The third kappa shape index (κ3) is 5.31. The molecule has 3 amide bonds. The average Bonchev–Trinajstić information content (AvgIpc) is 2.68. The van der Waals surface area contributed by atoms with E-state index in [-0.39, 0.29) is 30.9 Å².